The van der Waals surface area contributed by atoms with E-state index in [4.69, 9.17) is 11.6 Å². The number of aryl methyl sites for hydroxylation is 1. The number of carbonyl (C=O) groups excluding carboxylic acids is 1. The topological polar surface area (TPSA) is 42.0 Å². The van der Waals surface area contributed by atoms with Crippen LogP contribution in [0, 0.1) is 12.8 Å². The molecule has 0 fully saturated rings. The zero-order valence-electron chi connectivity index (χ0n) is 8.96. The smallest absolute Gasteiger partial charge is 0.252 e. The summed E-state index contributed by atoms with van der Waals surface area (Å²) in [6.45, 7) is 4.47. The molecular weight excluding hydrogens is 212 g/mol. The highest BCUT2D eigenvalue weighted by atomic mass is 35.5. The number of alkyl halides is 1. The number of nitrogens with zero attached hydrogens (tertiary/aromatic N) is 1. The molecule has 15 heavy (non-hydrogen) atoms. The van der Waals surface area contributed by atoms with Gasteiger partial charge < -0.3 is 5.32 Å². The van der Waals surface area contributed by atoms with Gasteiger partial charge in [-0.25, -0.2) is 0 Å². The fraction of sp³-hybridized carbons (Fsp3) is 0.455. The highest BCUT2D eigenvalue weighted by molar-refractivity contribution is 6.18. The third-order valence-electron chi connectivity index (χ3n) is 2.05. The van der Waals surface area contributed by atoms with Gasteiger partial charge in [0.15, 0.2) is 0 Å². The average Bonchev–Trinajstić information content (AvgIpc) is 2.26. The zero-order valence-corrected chi connectivity index (χ0v) is 9.71. The molecule has 0 aliphatic heterocycles. The van der Waals surface area contributed by atoms with E-state index in [0.717, 1.165) is 5.69 Å². The first-order chi connectivity index (χ1) is 7.13. The van der Waals surface area contributed by atoms with Crippen molar-refractivity contribution in [2.75, 3.05) is 12.4 Å². The van der Waals surface area contributed by atoms with Gasteiger partial charge in [0, 0.05) is 24.3 Å². The monoisotopic (exact) mass is 226 g/mol. The Kier molecular flexibility index (Phi) is 4.56. The maximum absolute atomic E-state index is 11.6. The number of nitrogens with one attached hydrogen (secondary N) is 1. The molecule has 1 N–H and O–H groups in total. The van der Waals surface area contributed by atoms with Crippen LogP contribution in [-0.2, 0) is 0 Å². The molecule has 82 valence electrons. The van der Waals surface area contributed by atoms with E-state index in [0.29, 0.717) is 18.0 Å². The number of hydrogen-bond acceptors (Lipinski definition) is 2. The first kappa shape index (κ1) is 12.0. The summed E-state index contributed by atoms with van der Waals surface area (Å²) < 4.78 is 0. The highest BCUT2D eigenvalue weighted by Crippen LogP contribution is 2.00. The van der Waals surface area contributed by atoms with Crippen molar-refractivity contribution in [2.45, 2.75) is 13.8 Å². The minimum absolute atomic E-state index is 0.0977. The minimum Gasteiger partial charge on any atom is -0.352 e. The van der Waals surface area contributed by atoms with E-state index >= 15 is 0 Å². The van der Waals surface area contributed by atoms with Crippen LogP contribution < -0.4 is 5.32 Å². The van der Waals surface area contributed by atoms with Gasteiger partial charge in [-0.1, -0.05) is 6.92 Å². The second kappa shape index (κ2) is 5.71. The standard InChI is InChI=1S/C11H15ClN2O/c1-8(5-12)6-14-11(15)10-4-3-9(2)13-7-10/h3-4,7-8H,5-6H2,1-2H3,(H,14,15). The van der Waals surface area contributed by atoms with E-state index in [1.165, 1.54) is 0 Å². The van der Waals surface area contributed by atoms with Gasteiger partial charge in [0.25, 0.3) is 5.91 Å². The molecule has 1 aromatic heterocycles. The van der Waals surface area contributed by atoms with E-state index in [-0.39, 0.29) is 11.8 Å². The molecule has 0 spiro atoms. The summed E-state index contributed by atoms with van der Waals surface area (Å²) in [5, 5.41) is 2.81. The molecule has 1 aromatic rings. The van der Waals surface area contributed by atoms with Crippen LogP contribution in [0.3, 0.4) is 0 Å². The number of rotatable bonds is 4. The Labute approximate surface area is 94.9 Å². The summed E-state index contributed by atoms with van der Waals surface area (Å²) in [4.78, 5) is 15.6. The molecule has 0 aliphatic rings. The molecule has 1 atom stereocenters. The van der Waals surface area contributed by atoms with Gasteiger partial charge in [0.2, 0.25) is 0 Å². The molecule has 1 heterocycles. The van der Waals surface area contributed by atoms with Crippen molar-refractivity contribution in [3.63, 3.8) is 0 Å². The second-order valence-electron chi connectivity index (χ2n) is 3.66. The van der Waals surface area contributed by atoms with Crippen LogP contribution in [0.25, 0.3) is 0 Å². The molecule has 3 nitrogen and oxygen atoms in total. The van der Waals surface area contributed by atoms with E-state index < -0.39 is 0 Å². The lowest BCUT2D eigenvalue weighted by Gasteiger charge is -2.09. The van der Waals surface area contributed by atoms with Crippen LogP contribution in [0.5, 0.6) is 0 Å². The number of halogens is 1. The molecule has 0 aliphatic carbocycles. The third-order valence-corrected chi connectivity index (χ3v) is 2.57. The second-order valence-corrected chi connectivity index (χ2v) is 3.97. The minimum atomic E-state index is -0.0977. The summed E-state index contributed by atoms with van der Waals surface area (Å²) in [5.41, 5.74) is 1.49. The summed E-state index contributed by atoms with van der Waals surface area (Å²) in [5.74, 6) is 0.736. The van der Waals surface area contributed by atoms with Crippen LogP contribution >= 0.6 is 11.6 Å². The molecule has 0 saturated heterocycles. The van der Waals surface area contributed by atoms with Crippen molar-refractivity contribution < 1.29 is 4.79 Å². The predicted octanol–water partition coefficient (Wildman–Crippen LogP) is 1.99. The zero-order chi connectivity index (χ0) is 11.3. The van der Waals surface area contributed by atoms with Gasteiger partial charge in [-0.15, -0.1) is 11.6 Å². The Morgan fingerprint density at radius 3 is 2.87 bits per heavy atom. The van der Waals surface area contributed by atoms with Crippen molar-refractivity contribution in [2.24, 2.45) is 5.92 Å². The van der Waals surface area contributed by atoms with Crippen LogP contribution in [-0.4, -0.2) is 23.3 Å². The van der Waals surface area contributed by atoms with Crippen LogP contribution in [0.1, 0.15) is 23.0 Å². The summed E-state index contributed by atoms with van der Waals surface area (Å²) in [6.07, 6.45) is 1.58. The largest absolute Gasteiger partial charge is 0.352 e. The van der Waals surface area contributed by atoms with E-state index in [2.05, 4.69) is 10.3 Å². The Bertz CT molecular complexity index is 324. The average molecular weight is 227 g/mol. The lowest BCUT2D eigenvalue weighted by molar-refractivity contribution is 0.0949. The maximum Gasteiger partial charge on any atom is 0.252 e. The number of aromatic nitrogens is 1. The fourth-order valence-electron chi connectivity index (χ4n) is 1.03. The number of carbonyl (C=O) groups is 1. The molecule has 1 rings (SSSR count). The van der Waals surface area contributed by atoms with Gasteiger partial charge in [-0.05, 0) is 25.0 Å². The lowest BCUT2D eigenvalue weighted by atomic mass is 10.2. The van der Waals surface area contributed by atoms with E-state index in [1.807, 2.05) is 19.9 Å². The Balaban J connectivity index is 2.50. The third kappa shape index (κ3) is 3.88. The first-order valence-corrected chi connectivity index (χ1v) is 5.43. The van der Waals surface area contributed by atoms with Crippen LogP contribution in [0.15, 0.2) is 18.3 Å². The molecule has 1 amide bonds. The van der Waals surface area contributed by atoms with Gasteiger partial charge in [0.05, 0.1) is 5.56 Å². The van der Waals surface area contributed by atoms with Gasteiger partial charge >= 0.3 is 0 Å². The summed E-state index contributed by atoms with van der Waals surface area (Å²) >= 11 is 5.64. The van der Waals surface area contributed by atoms with Crippen molar-refractivity contribution in [3.8, 4) is 0 Å². The van der Waals surface area contributed by atoms with Gasteiger partial charge in [-0.2, -0.15) is 0 Å². The molecule has 0 aromatic carbocycles. The van der Waals surface area contributed by atoms with Gasteiger partial charge in [0.1, 0.15) is 0 Å². The Morgan fingerprint density at radius 2 is 2.33 bits per heavy atom. The van der Waals surface area contributed by atoms with Crippen molar-refractivity contribution in [1.82, 2.24) is 10.3 Å². The predicted molar refractivity (Wildman–Crippen MR) is 61.2 cm³/mol. The van der Waals surface area contributed by atoms with E-state index in [9.17, 15) is 4.79 Å². The lowest BCUT2D eigenvalue weighted by Crippen LogP contribution is -2.28. The Morgan fingerprint density at radius 1 is 1.60 bits per heavy atom. The van der Waals surface area contributed by atoms with Crippen LogP contribution in [0.4, 0.5) is 0 Å². The van der Waals surface area contributed by atoms with Crippen molar-refractivity contribution in [1.29, 1.82) is 0 Å². The summed E-state index contributed by atoms with van der Waals surface area (Å²) in [7, 11) is 0. The number of hydrogen-bond donors (Lipinski definition) is 1. The molecule has 1 unspecified atom stereocenters. The normalized spacial score (nSPS) is 12.2. The molecule has 4 heteroatoms. The van der Waals surface area contributed by atoms with E-state index in [1.54, 1.807) is 12.3 Å². The Hall–Kier alpha value is -1.09. The number of pyridine rings is 1. The molecular formula is C11H15ClN2O. The SMILES string of the molecule is Cc1ccc(C(=O)NCC(C)CCl)cn1. The van der Waals surface area contributed by atoms with Crippen molar-refractivity contribution >= 4 is 17.5 Å². The molecule has 0 bridgehead atoms. The highest BCUT2D eigenvalue weighted by Gasteiger charge is 2.06. The maximum atomic E-state index is 11.6. The molecule has 0 saturated carbocycles. The quantitative estimate of drug-likeness (QED) is 0.798. The van der Waals surface area contributed by atoms with Crippen LogP contribution in [0.2, 0.25) is 0 Å². The van der Waals surface area contributed by atoms with Crippen molar-refractivity contribution in [3.05, 3.63) is 29.6 Å². The number of amides is 1. The summed E-state index contributed by atoms with van der Waals surface area (Å²) in [6, 6.07) is 3.59. The van der Waals surface area contributed by atoms with Gasteiger partial charge in [-0.3, -0.25) is 9.78 Å². The first-order valence-electron chi connectivity index (χ1n) is 4.90. The fourth-order valence-corrected chi connectivity index (χ4v) is 1.13. The molecule has 0 radical (unpaired) electrons.